The first kappa shape index (κ1) is 12.1. The van der Waals surface area contributed by atoms with E-state index in [1.165, 1.54) is 0 Å². The highest BCUT2D eigenvalue weighted by Crippen LogP contribution is 2.47. The van der Waals surface area contributed by atoms with Crippen LogP contribution in [0, 0.1) is 0 Å². The van der Waals surface area contributed by atoms with Gasteiger partial charge in [0.1, 0.15) is 0 Å². The van der Waals surface area contributed by atoms with Crippen LogP contribution >= 0.6 is 27.3 Å². The highest BCUT2D eigenvalue weighted by atomic mass is 79.9. The molecule has 2 fully saturated rings. The Morgan fingerprint density at radius 3 is 2.29 bits per heavy atom. The lowest BCUT2D eigenvalue weighted by atomic mass is 9.78. The van der Waals surface area contributed by atoms with E-state index in [2.05, 4.69) is 15.9 Å². The van der Waals surface area contributed by atoms with Gasteiger partial charge in [-0.05, 0) is 34.2 Å². The summed E-state index contributed by atoms with van der Waals surface area (Å²) in [6, 6.07) is 0. The van der Waals surface area contributed by atoms with Gasteiger partial charge in [0.15, 0.2) is 5.79 Å². The molecule has 1 aromatic rings. The van der Waals surface area contributed by atoms with Crippen molar-refractivity contribution in [3.63, 3.8) is 0 Å². The van der Waals surface area contributed by atoms with Crippen molar-refractivity contribution in [1.82, 2.24) is 0 Å². The summed E-state index contributed by atoms with van der Waals surface area (Å²) in [4.78, 5) is 0. The zero-order chi connectivity index (χ0) is 11.9. The number of hydrogen-bond acceptors (Lipinski definition) is 4. The summed E-state index contributed by atoms with van der Waals surface area (Å²) in [6.45, 7) is 1.36. The summed E-state index contributed by atoms with van der Waals surface area (Å²) >= 11 is 5.11. The fraction of sp³-hybridized carbons (Fsp3) is 0.667. The van der Waals surface area contributed by atoms with Crippen LogP contribution in [-0.4, -0.2) is 24.1 Å². The summed E-state index contributed by atoms with van der Waals surface area (Å²) in [6.07, 6.45) is 2.93. The molecule has 0 amide bonds. The molecule has 0 aromatic carbocycles. The van der Waals surface area contributed by atoms with Gasteiger partial charge >= 0.3 is 0 Å². The Balaban J connectivity index is 1.77. The molecular weight excluding hydrogens is 304 g/mol. The van der Waals surface area contributed by atoms with Gasteiger partial charge in [-0.3, -0.25) is 0 Å². The van der Waals surface area contributed by atoms with Gasteiger partial charge in [0.05, 0.1) is 18.8 Å². The number of hydrogen-bond donors (Lipinski definition) is 1. The number of rotatable bonds is 1. The molecule has 3 nitrogen and oxygen atoms in total. The van der Waals surface area contributed by atoms with Gasteiger partial charge in [-0.1, -0.05) is 0 Å². The molecule has 5 heteroatoms. The zero-order valence-corrected chi connectivity index (χ0v) is 11.8. The predicted molar refractivity (Wildman–Crippen MR) is 69.0 cm³/mol. The second-order valence-corrected chi connectivity index (χ2v) is 6.37. The topological polar surface area (TPSA) is 38.7 Å². The fourth-order valence-electron chi connectivity index (χ4n) is 2.71. The van der Waals surface area contributed by atoms with Crippen molar-refractivity contribution >= 4 is 27.3 Å². The van der Waals surface area contributed by atoms with E-state index in [-0.39, 0.29) is 0 Å². The van der Waals surface area contributed by atoms with Crippen LogP contribution in [0.1, 0.15) is 31.2 Å². The van der Waals surface area contributed by atoms with Crippen LogP contribution < -0.4 is 0 Å². The van der Waals surface area contributed by atoms with Crippen molar-refractivity contribution in [3.8, 4) is 0 Å². The number of ether oxygens (including phenoxy) is 2. The van der Waals surface area contributed by atoms with Gasteiger partial charge in [-0.25, -0.2) is 0 Å². The number of aliphatic hydroxyl groups is 1. The van der Waals surface area contributed by atoms with Gasteiger partial charge in [0.2, 0.25) is 0 Å². The van der Waals surface area contributed by atoms with E-state index in [0.29, 0.717) is 26.1 Å². The molecule has 0 unspecified atom stereocenters. The van der Waals surface area contributed by atoms with Crippen molar-refractivity contribution in [2.45, 2.75) is 37.1 Å². The average Bonchev–Trinajstić information content (AvgIpc) is 2.94. The maximum Gasteiger partial charge on any atom is 0.168 e. The highest BCUT2D eigenvalue weighted by Gasteiger charge is 2.46. The summed E-state index contributed by atoms with van der Waals surface area (Å²) in [7, 11) is 0. The summed E-state index contributed by atoms with van der Waals surface area (Å²) in [5.41, 5.74) is 0.287. The van der Waals surface area contributed by atoms with E-state index >= 15 is 0 Å². The average molecular weight is 319 g/mol. The molecule has 0 radical (unpaired) electrons. The van der Waals surface area contributed by atoms with Crippen molar-refractivity contribution in [2.24, 2.45) is 0 Å². The Bertz CT molecular complexity index is 402. The smallest absolute Gasteiger partial charge is 0.168 e. The first-order valence-electron chi connectivity index (χ1n) is 5.86. The first-order valence-corrected chi connectivity index (χ1v) is 7.60. The van der Waals surface area contributed by atoms with Gasteiger partial charge in [0.25, 0.3) is 0 Å². The SMILES string of the molecule is OC1(c2cscc2Br)CCC2(CC1)OCCO2. The molecule has 1 aliphatic heterocycles. The molecule has 1 aromatic heterocycles. The lowest BCUT2D eigenvalue weighted by Gasteiger charge is -2.40. The Kier molecular flexibility index (Phi) is 3.07. The largest absolute Gasteiger partial charge is 0.385 e. The van der Waals surface area contributed by atoms with Crippen LogP contribution in [0.5, 0.6) is 0 Å². The van der Waals surface area contributed by atoms with Crippen molar-refractivity contribution < 1.29 is 14.6 Å². The lowest BCUT2D eigenvalue weighted by molar-refractivity contribution is -0.204. The molecule has 1 saturated heterocycles. The lowest BCUT2D eigenvalue weighted by Crippen LogP contribution is -2.42. The van der Waals surface area contributed by atoms with Crippen molar-refractivity contribution in [1.29, 1.82) is 0 Å². The van der Waals surface area contributed by atoms with Crippen molar-refractivity contribution in [3.05, 3.63) is 20.8 Å². The minimum Gasteiger partial charge on any atom is -0.385 e. The third kappa shape index (κ3) is 2.08. The Morgan fingerprint density at radius 2 is 1.76 bits per heavy atom. The molecule has 94 valence electrons. The van der Waals surface area contributed by atoms with Gasteiger partial charge in [-0.15, -0.1) is 0 Å². The number of thiophene rings is 1. The highest BCUT2D eigenvalue weighted by molar-refractivity contribution is 9.10. The first-order chi connectivity index (χ1) is 8.14. The molecule has 0 bridgehead atoms. The second-order valence-electron chi connectivity index (χ2n) is 4.77. The quantitative estimate of drug-likeness (QED) is 0.865. The van der Waals surface area contributed by atoms with Crippen LogP contribution in [-0.2, 0) is 15.1 Å². The van der Waals surface area contributed by atoms with Gasteiger partial charge in [0, 0.05) is 28.3 Å². The predicted octanol–water partition coefficient (Wildman–Crippen LogP) is 3.02. The second kappa shape index (κ2) is 4.31. The minimum absolute atomic E-state index is 0.408. The molecule has 1 saturated carbocycles. The molecule has 1 spiro atoms. The van der Waals surface area contributed by atoms with Crippen LogP contribution in [0.3, 0.4) is 0 Å². The maximum absolute atomic E-state index is 10.7. The monoisotopic (exact) mass is 318 g/mol. The third-order valence-corrected chi connectivity index (χ3v) is 5.47. The normalized spacial score (nSPS) is 26.5. The minimum atomic E-state index is -0.723. The summed E-state index contributed by atoms with van der Waals surface area (Å²) < 4.78 is 12.4. The van der Waals surface area contributed by atoms with E-state index in [9.17, 15) is 5.11 Å². The molecular formula is C12H15BrO3S. The molecule has 1 aliphatic carbocycles. The Morgan fingerprint density at radius 1 is 1.12 bits per heavy atom. The van der Waals surface area contributed by atoms with E-state index < -0.39 is 11.4 Å². The molecule has 17 heavy (non-hydrogen) atoms. The molecule has 2 aliphatic rings. The summed E-state index contributed by atoms with van der Waals surface area (Å²) in [5, 5.41) is 14.8. The van der Waals surface area contributed by atoms with Crippen LogP contribution in [0.4, 0.5) is 0 Å². The van der Waals surface area contributed by atoms with E-state index in [1.54, 1.807) is 11.3 Å². The molecule has 1 N–H and O–H groups in total. The molecule has 3 rings (SSSR count). The van der Waals surface area contributed by atoms with Crippen molar-refractivity contribution in [2.75, 3.05) is 13.2 Å². The standard InChI is InChI=1S/C12H15BrO3S/c13-10-8-17-7-9(10)11(14)1-3-12(4-2-11)15-5-6-16-12/h7-8,14H,1-6H2. The van der Waals surface area contributed by atoms with Gasteiger partial charge < -0.3 is 14.6 Å². The van der Waals surface area contributed by atoms with E-state index in [0.717, 1.165) is 22.9 Å². The number of halogens is 1. The van der Waals surface area contributed by atoms with Gasteiger partial charge in [-0.2, -0.15) is 11.3 Å². The maximum atomic E-state index is 10.7. The van der Waals surface area contributed by atoms with E-state index in [1.807, 2.05) is 10.8 Å². The summed E-state index contributed by atoms with van der Waals surface area (Å²) in [5.74, 6) is -0.408. The van der Waals surface area contributed by atoms with Crippen LogP contribution in [0.25, 0.3) is 0 Å². The van der Waals surface area contributed by atoms with Crippen LogP contribution in [0.2, 0.25) is 0 Å². The fourth-order valence-corrected chi connectivity index (χ4v) is 4.47. The molecule has 2 heterocycles. The zero-order valence-electron chi connectivity index (χ0n) is 9.45. The Hall–Kier alpha value is 0.0600. The van der Waals surface area contributed by atoms with Crippen LogP contribution in [0.15, 0.2) is 15.2 Å². The molecule has 0 atom stereocenters. The Labute approximate surface area is 113 Å². The third-order valence-electron chi connectivity index (χ3n) is 3.77. The van der Waals surface area contributed by atoms with E-state index in [4.69, 9.17) is 9.47 Å².